The summed E-state index contributed by atoms with van der Waals surface area (Å²) in [5.74, 6) is 0. The zero-order chi connectivity index (χ0) is 12.7. The fourth-order valence-corrected chi connectivity index (χ4v) is 2.49. The average molecular weight is 233 g/mol. The predicted molar refractivity (Wildman–Crippen MR) is 71.1 cm³/mol. The molecule has 3 N–H and O–H groups in total. The lowest BCUT2D eigenvalue weighted by molar-refractivity contribution is 0.218. The average Bonchev–Trinajstić information content (AvgIpc) is 3.10. The van der Waals surface area contributed by atoms with Crippen LogP contribution >= 0.6 is 0 Å². The second-order valence-electron chi connectivity index (χ2n) is 6.06. The van der Waals surface area contributed by atoms with Crippen molar-refractivity contribution in [2.24, 2.45) is 5.73 Å². The van der Waals surface area contributed by atoms with Crippen LogP contribution in [-0.2, 0) is 10.8 Å². The summed E-state index contributed by atoms with van der Waals surface area (Å²) in [5.41, 5.74) is 8.67. The second-order valence-corrected chi connectivity index (χ2v) is 6.06. The highest BCUT2D eigenvalue weighted by Gasteiger charge is 2.47. The molecule has 0 amide bonds. The Labute approximate surface area is 104 Å². The van der Waals surface area contributed by atoms with Gasteiger partial charge in [0.25, 0.3) is 0 Å². The quantitative estimate of drug-likeness (QED) is 0.838. The van der Waals surface area contributed by atoms with Gasteiger partial charge in [0.05, 0.1) is 6.61 Å². The lowest BCUT2D eigenvalue weighted by atomic mass is 9.82. The van der Waals surface area contributed by atoms with Gasteiger partial charge < -0.3 is 10.8 Å². The van der Waals surface area contributed by atoms with Crippen LogP contribution in [0, 0.1) is 0 Å². The maximum atomic E-state index is 9.36. The molecule has 0 aromatic heterocycles. The molecule has 0 heterocycles. The Morgan fingerprint density at radius 3 is 2.18 bits per heavy atom. The molecule has 17 heavy (non-hydrogen) atoms. The summed E-state index contributed by atoms with van der Waals surface area (Å²) in [4.78, 5) is 0. The van der Waals surface area contributed by atoms with Crippen molar-refractivity contribution in [3.05, 3.63) is 35.4 Å². The highest BCUT2D eigenvalue weighted by Crippen LogP contribution is 2.50. The lowest BCUT2D eigenvalue weighted by Gasteiger charge is -2.25. The van der Waals surface area contributed by atoms with Gasteiger partial charge in [0.15, 0.2) is 0 Å². The van der Waals surface area contributed by atoms with Crippen LogP contribution in [0.4, 0.5) is 0 Å². The number of hydrogen-bond acceptors (Lipinski definition) is 2. The Hall–Kier alpha value is -0.860. The van der Waals surface area contributed by atoms with Crippen molar-refractivity contribution in [3.63, 3.8) is 0 Å². The van der Waals surface area contributed by atoms with Gasteiger partial charge in [0.2, 0.25) is 0 Å². The number of aliphatic hydroxyl groups is 1. The van der Waals surface area contributed by atoms with Crippen molar-refractivity contribution >= 4 is 0 Å². The number of benzene rings is 1. The first kappa shape index (κ1) is 12.6. The molecule has 2 nitrogen and oxygen atoms in total. The van der Waals surface area contributed by atoms with Crippen LogP contribution < -0.4 is 5.73 Å². The summed E-state index contributed by atoms with van der Waals surface area (Å²) in [6, 6.07) is 8.85. The molecule has 1 aliphatic carbocycles. The zero-order valence-electron chi connectivity index (χ0n) is 11.0. The topological polar surface area (TPSA) is 46.2 Å². The van der Waals surface area contributed by atoms with E-state index in [-0.39, 0.29) is 23.5 Å². The monoisotopic (exact) mass is 233 g/mol. The van der Waals surface area contributed by atoms with Crippen molar-refractivity contribution in [1.29, 1.82) is 0 Å². The molecular formula is C15H23NO. The van der Waals surface area contributed by atoms with Crippen LogP contribution in [0.2, 0.25) is 0 Å². The van der Waals surface area contributed by atoms with Gasteiger partial charge in [-0.2, -0.15) is 0 Å². The van der Waals surface area contributed by atoms with Gasteiger partial charge in [0.1, 0.15) is 0 Å². The van der Waals surface area contributed by atoms with Crippen molar-refractivity contribution in [1.82, 2.24) is 0 Å². The Bertz CT molecular complexity index is 388. The van der Waals surface area contributed by atoms with Crippen LogP contribution in [0.15, 0.2) is 24.3 Å². The van der Waals surface area contributed by atoms with E-state index in [9.17, 15) is 5.11 Å². The van der Waals surface area contributed by atoms with Crippen molar-refractivity contribution in [3.8, 4) is 0 Å². The minimum Gasteiger partial charge on any atom is -0.395 e. The van der Waals surface area contributed by atoms with Crippen LogP contribution in [0.3, 0.4) is 0 Å². The number of nitrogens with two attached hydrogens (primary N) is 1. The Morgan fingerprint density at radius 1 is 1.29 bits per heavy atom. The van der Waals surface area contributed by atoms with E-state index in [1.54, 1.807) is 0 Å². The summed E-state index contributed by atoms with van der Waals surface area (Å²) in [6.45, 7) is 6.38. The lowest BCUT2D eigenvalue weighted by Crippen LogP contribution is -2.31. The predicted octanol–water partition coefficient (Wildman–Crippen LogP) is 2.34. The molecule has 2 rings (SSSR count). The van der Waals surface area contributed by atoms with E-state index in [2.05, 4.69) is 45.0 Å². The van der Waals surface area contributed by atoms with Gasteiger partial charge in [-0.25, -0.2) is 0 Å². The molecule has 1 unspecified atom stereocenters. The molecular weight excluding hydrogens is 210 g/mol. The third-order valence-electron chi connectivity index (χ3n) is 4.30. The first-order valence-corrected chi connectivity index (χ1v) is 6.40. The van der Waals surface area contributed by atoms with Gasteiger partial charge >= 0.3 is 0 Å². The Morgan fingerprint density at radius 2 is 1.82 bits per heavy atom. The van der Waals surface area contributed by atoms with E-state index >= 15 is 0 Å². The molecule has 1 aliphatic rings. The van der Waals surface area contributed by atoms with Crippen LogP contribution in [0.25, 0.3) is 0 Å². The Kier molecular flexibility index (Phi) is 3.04. The zero-order valence-corrected chi connectivity index (χ0v) is 11.0. The summed E-state index contributed by atoms with van der Waals surface area (Å²) >= 11 is 0. The molecule has 0 spiro atoms. The van der Waals surface area contributed by atoms with E-state index < -0.39 is 0 Å². The largest absolute Gasteiger partial charge is 0.395 e. The summed E-state index contributed by atoms with van der Waals surface area (Å²) in [6.07, 6.45) is 2.40. The van der Waals surface area contributed by atoms with E-state index in [0.717, 1.165) is 0 Å². The number of hydrogen-bond donors (Lipinski definition) is 2. The van der Waals surface area contributed by atoms with E-state index in [0.29, 0.717) is 0 Å². The van der Waals surface area contributed by atoms with Gasteiger partial charge in [-0.3, -0.25) is 0 Å². The highest BCUT2D eigenvalue weighted by molar-refractivity contribution is 5.37. The molecule has 94 valence electrons. The molecule has 1 fully saturated rings. The van der Waals surface area contributed by atoms with Crippen molar-refractivity contribution in [2.45, 2.75) is 50.5 Å². The molecule has 0 aliphatic heterocycles. The maximum Gasteiger partial charge on any atom is 0.0522 e. The van der Waals surface area contributed by atoms with Crippen LogP contribution in [0.1, 0.15) is 44.7 Å². The highest BCUT2D eigenvalue weighted by atomic mass is 16.3. The number of aliphatic hydroxyl groups excluding tert-OH is 1. The van der Waals surface area contributed by atoms with Gasteiger partial charge in [-0.05, 0) is 30.9 Å². The molecule has 1 atom stereocenters. The SMILES string of the molecule is CC(N)C1(c2ccc(C(C)(C)CO)cc2)CC1. The van der Waals surface area contributed by atoms with E-state index in [1.807, 2.05) is 0 Å². The molecule has 1 aromatic carbocycles. The molecule has 1 saturated carbocycles. The third-order valence-corrected chi connectivity index (χ3v) is 4.30. The Balaban J connectivity index is 2.25. The molecule has 1 aromatic rings. The minimum absolute atomic E-state index is 0.163. The molecule has 0 radical (unpaired) electrons. The smallest absolute Gasteiger partial charge is 0.0522 e. The summed E-state index contributed by atoms with van der Waals surface area (Å²) in [5, 5.41) is 9.36. The van der Waals surface area contributed by atoms with Crippen LogP contribution in [-0.4, -0.2) is 17.8 Å². The maximum absolute atomic E-state index is 9.36. The third kappa shape index (κ3) is 2.12. The normalized spacial score (nSPS) is 20.1. The summed E-state index contributed by atoms with van der Waals surface area (Å²) < 4.78 is 0. The van der Waals surface area contributed by atoms with E-state index in [4.69, 9.17) is 5.73 Å². The van der Waals surface area contributed by atoms with E-state index in [1.165, 1.54) is 24.0 Å². The van der Waals surface area contributed by atoms with Gasteiger partial charge in [-0.15, -0.1) is 0 Å². The molecule has 2 heteroatoms. The minimum atomic E-state index is -0.163. The summed E-state index contributed by atoms with van der Waals surface area (Å²) in [7, 11) is 0. The second kappa shape index (κ2) is 4.11. The molecule has 0 bridgehead atoms. The van der Waals surface area contributed by atoms with Gasteiger partial charge in [0, 0.05) is 16.9 Å². The van der Waals surface area contributed by atoms with Crippen LogP contribution in [0.5, 0.6) is 0 Å². The molecule has 0 saturated heterocycles. The number of rotatable bonds is 4. The van der Waals surface area contributed by atoms with Gasteiger partial charge in [-0.1, -0.05) is 38.1 Å². The standard InChI is InChI=1S/C15H23NO/c1-11(16)15(8-9-15)13-6-4-12(5-7-13)14(2,3)10-17/h4-7,11,17H,8-10,16H2,1-3H3. The fourth-order valence-electron chi connectivity index (χ4n) is 2.49. The van der Waals surface area contributed by atoms with Crippen molar-refractivity contribution < 1.29 is 5.11 Å². The first-order valence-electron chi connectivity index (χ1n) is 6.40. The first-order chi connectivity index (χ1) is 7.92. The van der Waals surface area contributed by atoms with Crippen molar-refractivity contribution in [2.75, 3.05) is 6.61 Å². The fraction of sp³-hybridized carbons (Fsp3) is 0.600.